The number of hydrogen-bond acceptors (Lipinski definition) is 4. The van der Waals surface area contributed by atoms with Gasteiger partial charge in [0.15, 0.2) is 0 Å². The summed E-state index contributed by atoms with van der Waals surface area (Å²) in [4.78, 5) is 26.2. The standard InChI is InChI=1S/C16H21NO3S/c1-15(20,11-21-3)10-17-13(18)9-16(2,14(17)19)12-7-5-4-6-8-12/h4-8,20H,9-11H2,1-3H3. The zero-order chi connectivity index (χ0) is 15.7. The predicted octanol–water partition coefficient (Wildman–Crippen LogP) is 1.82. The maximum Gasteiger partial charge on any atom is 0.240 e. The Kier molecular flexibility index (Phi) is 4.44. The van der Waals surface area contributed by atoms with Gasteiger partial charge < -0.3 is 5.11 Å². The van der Waals surface area contributed by atoms with Gasteiger partial charge >= 0.3 is 0 Å². The van der Waals surface area contributed by atoms with Gasteiger partial charge in [-0.3, -0.25) is 14.5 Å². The number of benzene rings is 1. The Hall–Kier alpha value is -1.33. The van der Waals surface area contributed by atoms with E-state index in [4.69, 9.17) is 0 Å². The molecule has 1 N–H and O–H groups in total. The van der Waals surface area contributed by atoms with Crippen LogP contribution in [0.5, 0.6) is 0 Å². The highest BCUT2D eigenvalue weighted by molar-refractivity contribution is 7.98. The topological polar surface area (TPSA) is 57.6 Å². The molecule has 0 aliphatic carbocycles. The average molecular weight is 307 g/mol. The van der Waals surface area contributed by atoms with Gasteiger partial charge in [0.05, 0.1) is 17.6 Å². The average Bonchev–Trinajstić information content (AvgIpc) is 2.64. The number of thioether (sulfide) groups is 1. The number of carbonyl (C=O) groups excluding carboxylic acids is 2. The molecule has 1 saturated heterocycles. The number of imide groups is 1. The monoisotopic (exact) mass is 307 g/mol. The Bertz CT molecular complexity index is 544. The fourth-order valence-electron chi connectivity index (χ4n) is 2.77. The highest BCUT2D eigenvalue weighted by atomic mass is 32.2. The van der Waals surface area contributed by atoms with Gasteiger partial charge in [-0.2, -0.15) is 11.8 Å². The van der Waals surface area contributed by atoms with Gasteiger partial charge in [-0.05, 0) is 25.7 Å². The van der Waals surface area contributed by atoms with Crippen LogP contribution >= 0.6 is 11.8 Å². The van der Waals surface area contributed by atoms with E-state index in [0.717, 1.165) is 5.56 Å². The second-order valence-electron chi connectivity index (χ2n) is 6.09. The summed E-state index contributed by atoms with van der Waals surface area (Å²) in [5.74, 6) is 0.0411. The lowest BCUT2D eigenvalue weighted by Crippen LogP contribution is -2.47. The van der Waals surface area contributed by atoms with Crippen LogP contribution in [0.1, 0.15) is 25.8 Å². The van der Waals surface area contributed by atoms with Gasteiger partial charge in [-0.15, -0.1) is 0 Å². The molecule has 0 bridgehead atoms. The minimum atomic E-state index is -1.06. The second kappa shape index (κ2) is 5.81. The van der Waals surface area contributed by atoms with Crippen molar-refractivity contribution in [3.63, 3.8) is 0 Å². The third-order valence-corrected chi connectivity index (χ3v) is 4.80. The molecule has 2 atom stereocenters. The molecule has 1 fully saturated rings. The summed E-state index contributed by atoms with van der Waals surface area (Å²) < 4.78 is 0. The number of aliphatic hydroxyl groups is 1. The zero-order valence-corrected chi connectivity index (χ0v) is 13.4. The van der Waals surface area contributed by atoms with Crippen LogP contribution in [0.3, 0.4) is 0 Å². The van der Waals surface area contributed by atoms with E-state index in [1.54, 1.807) is 13.8 Å². The van der Waals surface area contributed by atoms with Gasteiger partial charge in [-0.1, -0.05) is 30.3 Å². The van der Waals surface area contributed by atoms with Crippen LogP contribution in [-0.4, -0.2) is 46.0 Å². The fraction of sp³-hybridized carbons (Fsp3) is 0.500. The van der Waals surface area contributed by atoms with Crippen LogP contribution < -0.4 is 0 Å². The first-order chi connectivity index (χ1) is 9.80. The summed E-state index contributed by atoms with van der Waals surface area (Å²) in [5, 5.41) is 10.3. The molecular formula is C16H21NO3S. The van der Waals surface area contributed by atoms with E-state index < -0.39 is 11.0 Å². The summed E-state index contributed by atoms with van der Waals surface area (Å²) in [6.07, 6.45) is 2.04. The minimum absolute atomic E-state index is 0.0495. The number of likely N-dealkylation sites (tertiary alicyclic amines) is 1. The van der Waals surface area contributed by atoms with Gasteiger partial charge in [0.1, 0.15) is 0 Å². The number of amides is 2. The SMILES string of the molecule is CSCC(C)(O)CN1C(=O)CC(C)(c2ccccc2)C1=O. The molecule has 21 heavy (non-hydrogen) atoms. The predicted molar refractivity (Wildman–Crippen MR) is 84.1 cm³/mol. The minimum Gasteiger partial charge on any atom is -0.387 e. The van der Waals surface area contributed by atoms with E-state index in [0.29, 0.717) is 5.75 Å². The van der Waals surface area contributed by atoms with Crippen molar-refractivity contribution in [1.29, 1.82) is 0 Å². The Morgan fingerprint density at radius 3 is 2.52 bits per heavy atom. The lowest BCUT2D eigenvalue weighted by Gasteiger charge is -2.29. The third-order valence-electron chi connectivity index (χ3n) is 3.89. The number of nitrogens with zero attached hydrogens (tertiary/aromatic N) is 1. The second-order valence-corrected chi connectivity index (χ2v) is 6.96. The van der Waals surface area contributed by atoms with Gasteiger partial charge in [-0.25, -0.2) is 0 Å². The summed E-state index contributed by atoms with van der Waals surface area (Å²) in [6.45, 7) is 3.50. The molecule has 5 heteroatoms. The molecule has 1 aliphatic heterocycles. The van der Waals surface area contributed by atoms with Crippen LogP contribution in [0.2, 0.25) is 0 Å². The number of hydrogen-bond donors (Lipinski definition) is 1. The molecule has 0 radical (unpaired) electrons. The zero-order valence-electron chi connectivity index (χ0n) is 12.6. The van der Waals surface area contributed by atoms with E-state index in [9.17, 15) is 14.7 Å². The van der Waals surface area contributed by atoms with Crippen molar-refractivity contribution < 1.29 is 14.7 Å². The quantitative estimate of drug-likeness (QED) is 0.843. The first-order valence-corrected chi connectivity index (χ1v) is 8.31. The number of carbonyl (C=O) groups is 2. The van der Waals surface area contributed by atoms with Crippen LogP contribution in [-0.2, 0) is 15.0 Å². The van der Waals surface area contributed by atoms with Crippen molar-refractivity contribution in [3.05, 3.63) is 35.9 Å². The molecule has 1 aromatic rings. The smallest absolute Gasteiger partial charge is 0.240 e. The van der Waals surface area contributed by atoms with Crippen molar-refractivity contribution in [3.8, 4) is 0 Å². The Labute approximate surface area is 129 Å². The van der Waals surface area contributed by atoms with E-state index in [-0.39, 0.29) is 24.8 Å². The number of β-amino-alcohol motifs (C(OH)–C–C–N with tert-alkyl or cyclic N) is 1. The maximum absolute atomic E-state index is 12.7. The van der Waals surface area contributed by atoms with Crippen molar-refractivity contribution in [2.24, 2.45) is 0 Å². The highest BCUT2D eigenvalue weighted by Gasteiger charge is 2.50. The molecule has 114 valence electrons. The summed E-state index contributed by atoms with van der Waals surface area (Å²) in [5.41, 5.74) is -1.05. The molecule has 1 aromatic carbocycles. The molecule has 2 unspecified atom stereocenters. The lowest BCUT2D eigenvalue weighted by molar-refractivity contribution is -0.143. The van der Waals surface area contributed by atoms with E-state index in [2.05, 4.69) is 0 Å². The molecule has 2 rings (SSSR count). The molecule has 0 spiro atoms. The van der Waals surface area contributed by atoms with Crippen LogP contribution in [0.25, 0.3) is 0 Å². The van der Waals surface area contributed by atoms with Gasteiger partial charge in [0.2, 0.25) is 11.8 Å². The van der Waals surface area contributed by atoms with Crippen molar-refractivity contribution in [2.45, 2.75) is 31.3 Å². The molecular weight excluding hydrogens is 286 g/mol. The lowest BCUT2D eigenvalue weighted by atomic mass is 9.81. The van der Waals surface area contributed by atoms with Crippen LogP contribution in [0, 0.1) is 0 Å². The van der Waals surface area contributed by atoms with Crippen LogP contribution in [0.15, 0.2) is 30.3 Å². The largest absolute Gasteiger partial charge is 0.387 e. The van der Waals surface area contributed by atoms with Gasteiger partial charge in [0, 0.05) is 12.2 Å². The summed E-state index contributed by atoms with van der Waals surface area (Å²) in [6, 6.07) is 9.36. The normalized spacial score (nSPS) is 25.2. The maximum atomic E-state index is 12.7. The number of rotatable bonds is 5. The van der Waals surface area contributed by atoms with E-state index in [1.165, 1.54) is 16.7 Å². The third kappa shape index (κ3) is 3.14. The molecule has 2 amide bonds. The first-order valence-electron chi connectivity index (χ1n) is 6.92. The van der Waals surface area contributed by atoms with Crippen molar-refractivity contribution in [1.82, 2.24) is 4.90 Å². The fourth-order valence-corrected chi connectivity index (χ4v) is 3.49. The molecule has 0 aromatic heterocycles. The molecule has 1 aliphatic rings. The van der Waals surface area contributed by atoms with Gasteiger partial charge in [0.25, 0.3) is 0 Å². The summed E-state index contributed by atoms with van der Waals surface area (Å²) in [7, 11) is 0. The van der Waals surface area contributed by atoms with Crippen molar-refractivity contribution >= 4 is 23.6 Å². The Morgan fingerprint density at radius 1 is 1.33 bits per heavy atom. The highest BCUT2D eigenvalue weighted by Crippen LogP contribution is 2.36. The molecule has 1 heterocycles. The van der Waals surface area contributed by atoms with E-state index in [1.807, 2.05) is 36.6 Å². The van der Waals surface area contributed by atoms with Crippen LogP contribution in [0.4, 0.5) is 0 Å². The molecule has 0 saturated carbocycles. The Morgan fingerprint density at radius 2 is 1.95 bits per heavy atom. The van der Waals surface area contributed by atoms with E-state index >= 15 is 0 Å². The first kappa shape index (κ1) is 16.0. The van der Waals surface area contributed by atoms with Crippen molar-refractivity contribution in [2.75, 3.05) is 18.6 Å². The molecule has 4 nitrogen and oxygen atoms in total. The Balaban J connectivity index is 2.25. The summed E-state index contributed by atoms with van der Waals surface area (Å²) >= 11 is 1.49.